The summed E-state index contributed by atoms with van der Waals surface area (Å²) in [7, 11) is -2.61. The third-order valence-electron chi connectivity index (χ3n) is 3.79. The van der Waals surface area contributed by atoms with Crippen LogP contribution in [0, 0.1) is 5.92 Å². The number of hydrogen-bond acceptors (Lipinski definition) is 5. The molecule has 0 unspecified atom stereocenters. The van der Waals surface area contributed by atoms with Gasteiger partial charge in [-0.15, -0.1) is 0 Å². The first-order valence-corrected chi connectivity index (χ1v) is 8.88. The van der Waals surface area contributed by atoms with Crippen molar-refractivity contribution >= 4 is 27.6 Å². The molecule has 1 fully saturated rings. The summed E-state index contributed by atoms with van der Waals surface area (Å²) in [6.07, 6.45) is 3.94. The molecule has 1 aromatic rings. The molecule has 1 aliphatic rings. The Labute approximate surface area is 135 Å². The van der Waals surface area contributed by atoms with E-state index in [4.69, 9.17) is 0 Å². The topological polar surface area (TPSA) is 102 Å². The molecule has 0 radical (unpaired) electrons. The molecule has 2 N–H and O–H groups in total. The lowest BCUT2D eigenvalue weighted by molar-refractivity contribution is -0.139. The van der Waals surface area contributed by atoms with E-state index >= 15 is 0 Å². The molecule has 7 nitrogen and oxygen atoms in total. The van der Waals surface area contributed by atoms with E-state index < -0.39 is 22.5 Å². The van der Waals surface area contributed by atoms with Gasteiger partial charge < -0.3 is 10.1 Å². The average molecular weight is 340 g/mol. The Morgan fingerprint density at radius 2 is 1.78 bits per heavy atom. The normalized spacial score (nSPS) is 15.3. The van der Waals surface area contributed by atoms with Gasteiger partial charge in [-0.2, -0.15) is 4.72 Å². The molecule has 0 spiro atoms. The van der Waals surface area contributed by atoms with Gasteiger partial charge in [0.05, 0.1) is 12.0 Å². The first kappa shape index (κ1) is 17.4. The fraction of sp³-hybridized carbons (Fsp3) is 0.467. The third-order valence-corrected chi connectivity index (χ3v) is 5.21. The van der Waals surface area contributed by atoms with Gasteiger partial charge in [0.2, 0.25) is 15.9 Å². The Bertz CT molecular complexity index is 664. The van der Waals surface area contributed by atoms with Crippen molar-refractivity contribution in [1.82, 2.24) is 4.72 Å². The lowest BCUT2D eigenvalue weighted by Crippen LogP contribution is -2.30. The maximum absolute atomic E-state index is 12.0. The van der Waals surface area contributed by atoms with Crippen molar-refractivity contribution in [3.63, 3.8) is 0 Å². The zero-order valence-electron chi connectivity index (χ0n) is 12.9. The number of hydrogen-bond donors (Lipinski definition) is 2. The van der Waals surface area contributed by atoms with Gasteiger partial charge in [-0.25, -0.2) is 8.42 Å². The molecule has 0 atom stereocenters. The highest BCUT2D eigenvalue weighted by molar-refractivity contribution is 7.89. The van der Waals surface area contributed by atoms with E-state index in [0.717, 1.165) is 25.7 Å². The number of ether oxygens (including phenoxy) is 1. The fourth-order valence-corrected chi connectivity index (χ4v) is 3.43. The summed E-state index contributed by atoms with van der Waals surface area (Å²) in [6, 6.07) is 5.81. The van der Waals surface area contributed by atoms with E-state index in [9.17, 15) is 18.0 Å². The van der Waals surface area contributed by atoms with Gasteiger partial charge in [-0.3, -0.25) is 9.59 Å². The predicted molar refractivity (Wildman–Crippen MR) is 84.2 cm³/mol. The fourth-order valence-electron chi connectivity index (χ4n) is 2.46. The van der Waals surface area contributed by atoms with Gasteiger partial charge in [0.15, 0.2) is 0 Å². The van der Waals surface area contributed by atoms with E-state index in [1.807, 2.05) is 0 Å². The Morgan fingerprint density at radius 3 is 2.35 bits per heavy atom. The van der Waals surface area contributed by atoms with Crippen molar-refractivity contribution < 1.29 is 22.7 Å². The van der Waals surface area contributed by atoms with Gasteiger partial charge in [-0.1, -0.05) is 12.8 Å². The molecule has 0 heterocycles. The molecule has 1 saturated carbocycles. The van der Waals surface area contributed by atoms with Crippen LogP contribution in [0.3, 0.4) is 0 Å². The van der Waals surface area contributed by atoms with E-state index in [0.29, 0.717) is 5.69 Å². The number of carbonyl (C=O) groups is 2. The van der Waals surface area contributed by atoms with Crippen molar-refractivity contribution in [2.75, 3.05) is 19.0 Å². The molecule has 0 aliphatic heterocycles. The number of sulfonamides is 1. The number of nitrogens with one attached hydrogen (secondary N) is 2. The van der Waals surface area contributed by atoms with Crippen LogP contribution in [0.4, 0.5) is 5.69 Å². The molecule has 2 rings (SSSR count). The van der Waals surface area contributed by atoms with Crippen LogP contribution in [-0.4, -0.2) is 33.9 Å². The summed E-state index contributed by atoms with van der Waals surface area (Å²) in [6.45, 7) is -0.432. The molecule has 0 aromatic heterocycles. The number of methoxy groups -OCH3 is 1. The average Bonchev–Trinajstić information content (AvgIpc) is 3.08. The molecule has 23 heavy (non-hydrogen) atoms. The second-order valence-electron chi connectivity index (χ2n) is 5.40. The maximum Gasteiger partial charge on any atom is 0.320 e. The summed E-state index contributed by atoms with van der Waals surface area (Å²) in [5.41, 5.74) is 0.550. The second-order valence-corrected chi connectivity index (χ2v) is 7.16. The molecule has 0 bridgehead atoms. The van der Waals surface area contributed by atoms with Gasteiger partial charge in [0.25, 0.3) is 0 Å². The van der Waals surface area contributed by atoms with Crippen LogP contribution in [0.1, 0.15) is 25.7 Å². The number of rotatable bonds is 6. The molecule has 1 amide bonds. The van der Waals surface area contributed by atoms with Crippen molar-refractivity contribution in [3.8, 4) is 0 Å². The molecule has 8 heteroatoms. The summed E-state index contributed by atoms with van der Waals surface area (Å²) in [5.74, 6) is -0.656. The number of benzene rings is 1. The Hall–Kier alpha value is -1.93. The monoisotopic (exact) mass is 340 g/mol. The molecule has 126 valence electrons. The number of amides is 1. The van der Waals surface area contributed by atoms with E-state index in [-0.39, 0.29) is 16.7 Å². The van der Waals surface area contributed by atoms with Crippen LogP contribution in [0.25, 0.3) is 0 Å². The smallest absolute Gasteiger partial charge is 0.320 e. The number of carbonyl (C=O) groups excluding carboxylic acids is 2. The molecular weight excluding hydrogens is 320 g/mol. The minimum Gasteiger partial charge on any atom is -0.468 e. The van der Waals surface area contributed by atoms with Crippen molar-refractivity contribution in [2.24, 2.45) is 5.92 Å². The summed E-state index contributed by atoms with van der Waals surface area (Å²) >= 11 is 0. The quantitative estimate of drug-likeness (QED) is 0.759. The Morgan fingerprint density at radius 1 is 1.17 bits per heavy atom. The molecule has 1 aliphatic carbocycles. The van der Waals surface area contributed by atoms with Crippen LogP contribution in [0.2, 0.25) is 0 Å². The Balaban J connectivity index is 1.98. The summed E-state index contributed by atoms with van der Waals surface area (Å²) < 4.78 is 30.5. The van der Waals surface area contributed by atoms with Crippen molar-refractivity contribution in [3.05, 3.63) is 24.3 Å². The summed E-state index contributed by atoms with van der Waals surface area (Å²) in [4.78, 5) is 23.0. The SMILES string of the molecule is COC(=O)CNS(=O)(=O)c1ccc(NC(=O)C2CCCC2)cc1. The minimum atomic E-state index is -3.79. The van der Waals surface area contributed by atoms with Gasteiger partial charge in [-0.05, 0) is 37.1 Å². The molecular formula is C15H20N2O5S. The largest absolute Gasteiger partial charge is 0.468 e. The van der Waals surface area contributed by atoms with E-state index in [2.05, 4.69) is 14.8 Å². The van der Waals surface area contributed by atoms with Crippen LogP contribution in [-0.2, 0) is 24.3 Å². The highest BCUT2D eigenvalue weighted by Crippen LogP contribution is 2.26. The predicted octanol–water partition coefficient (Wildman–Crippen LogP) is 1.27. The van der Waals surface area contributed by atoms with Crippen LogP contribution in [0.5, 0.6) is 0 Å². The van der Waals surface area contributed by atoms with Gasteiger partial charge in [0, 0.05) is 11.6 Å². The standard InChI is InChI=1S/C15H20N2O5S/c1-22-14(18)10-16-23(20,21)13-8-6-12(7-9-13)17-15(19)11-4-2-3-5-11/h6-9,11,16H,2-5,10H2,1H3,(H,17,19). The number of anilines is 1. The lowest BCUT2D eigenvalue weighted by atomic mass is 10.1. The lowest BCUT2D eigenvalue weighted by Gasteiger charge is -2.11. The minimum absolute atomic E-state index is 0.0141. The van der Waals surface area contributed by atoms with Crippen LogP contribution < -0.4 is 10.0 Å². The van der Waals surface area contributed by atoms with E-state index in [1.165, 1.54) is 31.4 Å². The zero-order chi connectivity index (χ0) is 16.9. The first-order chi connectivity index (χ1) is 10.9. The number of esters is 1. The Kier molecular flexibility index (Phi) is 5.73. The van der Waals surface area contributed by atoms with Crippen LogP contribution >= 0.6 is 0 Å². The van der Waals surface area contributed by atoms with Crippen molar-refractivity contribution in [2.45, 2.75) is 30.6 Å². The molecule has 0 saturated heterocycles. The maximum atomic E-state index is 12.0. The second kappa shape index (κ2) is 7.56. The van der Waals surface area contributed by atoms with Gasteiger partial charge in [0.1, 0.15) is 6.54 Å². The van der Waals surface area contributed by atoms with Crippen LogP contribution in [0.15, 0.2) is 29.2 Å². The van der Waals surface area contributed by atoms with E-state index in [1.54, 1.807) is 0 Å². The molecule has 1 aromatic carbocycles. The first-order valence-electron chi connectivity index (χ1n) is 7.40. The van der Waals surface area contributed by atoms with Crippen molar-refractivity contribution in [1.29, 1.82) is 0 Å². The highest BCUT2D eigenvalue weighted by atomic mass is 32.2. The summed E-state index contributed by atoms with van der Waals surface area (Å²) in [5, 5.41) is 2.79. The van der Waals surface area contributed by atoms with Gasteiger partial charge >= 0.3 is 5.97 Å². The zero-order valence-corrected chi connectivity index (χ0v) is 13.7. The highest BCUT2D eigenvalue weighted by Gasteiger charge is 2.22. The third kappa shape index (κ3) is 4.77.